The summed E-state index contributed by atoms with van der Waals surface area (Å²) in [5.41, 5.74) is 0.282. The summed E-state index contributed by atoms with van der Waals surface area (Å²) < 4.78 is 23.5. The summed E-state index contributed by atoms with van der Waals surface area (Å²) in [7, 11) is -3.03. The van der Waals surface area contributed by atoms with Gasteiger partial charge in [-0.1, -0.05) is 6.92 Å². The quantitative estimate of drug-likeness (QED) is 0.776. The van der Waals surface area contributed by atoms with Gasteiger partial charge in [0.15, 0.2) is 21.3 Å². The van der Waals surface area contributed by atoms with Gasteiger partial charge in [-0.3, -0.25) is 4.79 Å². The molecule has 2 aliphatic rings. The highest BCUT2D eigenvalue weighted by molar-refractivity contribution is 7.91. The van der Waals surface area contributed by atoms with Crippen LogP contribution < -0.4 is 4.90 Å². The van der Waals surface area contributed by atoms with Crippen LogP contribution in [0.15, 0.2) is 12.1 Å². The standard InChI is InChI=1S/C18H28N4O3S/c1-3-14-7-5-6-11-22(14)17-9-8-16(19-20-17)18(23)21(4-2)15-10-12-26(24,25)13-15/h8-9,14-15H,3-7,10-13H2,1-2H3. The fourth-order valence-corrected chi connectivity index (χ4v) is 5.79. The van der Waals surface area contributed by atoms with E-state index in [1.54, 1.807) is 11.0 Å². The van der Waals surface area contributed by atoms with Crippen LogP contribution in [0.25, 0.3) is 0 Å². The van der Waals surface area contributed by atoms with E-state index in [-0.39, 0.29) is 29.1 Å². The SMILES string of the molecule is CCC1CCCCN1c1ccc(C(=O)N(CC)C2CCS(=O)(=O)C2)nn1. The van der Waals surface area contributed by atoms with Crippen molar-refractivity contribution in [1.29, 1.82) is 0 Å². The van der Waals surface area contributed by atoms with Crippen LogP contribution in [-0.4, -0.2) is 66.1 Å². The molecule has 0 saturated carbocycles. The van der Waals surface area contributed by atoms with E-state index in [4.69, 9.17) is 0 Å². The first-order valence-electron chi connectivity index (χ1n) is 9.57. The lowest BCUT2D eigenvalue weighted by Gasteiger charge is -2.35. The molecule has 0 bridgehead atoms. The molecule has 1 aromatic rings. The fraction of sp³-hybridized carbons (Fsp3) is 0.722. The molecule has 1 amide bonds. The zero-order valence-corrected chi connectivity index (χ0v) is 16.4. The zero-order chi connectivity index (χ0) is 18.7. The largest absolute Gasteiger partial charge is 0.352 e. The molecule has 1 aromatic heterocycles. The summed E-state index contributed by atoms with van der Waals surface area (Å²) in [5, 5.41) is 8.47. The zero-order valence-electron chi connectivity index (χ0n) is 15.6. The van der Waals surface area contributed by atoms with Gasteiger partial charge in [-0.2, -0.15) is 0 Å². The highest BCUT2D eigenvalue weighted by Crippen LogP contribution is 2.25. The number of piperidine rings is 1. The van der Waals surface area contributed by atoms with Crippen LogP contribution in [0.3, 0.4) is 0 Å². The first-order chi connectivity index (χ1) is 12.4. The third-order valence-electron chi connectivity index (χ3n) is 5.51. The molecule has 0 aliphatic carbocycles. The summed E-state index contributed by atoms with van der Waals surface area (Å²) in [6.45, 7) is 5.49. The number of anilines is 1. The Hall–Kier alpha value is -1.70. The van der Waals surface area contributed by atoms with Crippen LogP contribution in [0.4, 0.5) is 5.82 Å². The highest BCUT2D eigenvalue weighted by Gasteiger charge is 2.34. The molecule has 2 aliphatic heterocycles. The van der Waals surface area contributed by atoms with Gasteiger partial charge in [0.05, 0.1) is 11.5 Å². The Kier molecular flexibility index (Phi) is 5.79. The van der Waals surface area contributed by atoms with E-state index >= 15 is 0 Å². The second-order valence-corrected chi connectivity index (χ2v) is 9.40. The van der Waals surface area contributed by atoms with Gasteiger partial charge in [0.2, 0.25) is 0 Å². The predicted octanol–water partition coefficient (Wildman–Crippen LogP) is 1.89. The van der Waals surface area contributed by atoms with Crippen LogP contribution in [0.2, 0.25) is 0 Å². The molecule has 0 radical (unpaired) electrons. The molecule has 8 heteroatoms. The molecule has 2 atom stereocenters. The molecule has 26 heavy (non-hydrogen) atoms. The monoisotopic (exact) mass is 380 g/mol. The summed E-state index contributed by atoms with van der Waals surface area (Å²) in [6.07, 6.45) is 5.13. The minimum Gasteiger partial charge on any atom is -0.352 e. The molecule has 3 heterocycles. The van der Waals surface area contributed by atoms with Crippen LogP contribution in [-0.2, 0) is 9.84 Å². The lowest BCUT2D eigenvalue weighted by atomic mass is 10.0. The van der Waals surface area contributed by atoms with Crippen molar-refractivity contribution >= 4 is 21.6 Å². The summed E-state index contributed by atoms with van der Waals surface area (Å²) in [6, 6.07) is 3.81. The number of sulfone groups is 1. The lowest BCUT2D eigenvalue weighted by Crippen LogP contribution is -2.42. The number of hydrogen-bond donors (Lipinski definition) is 0. The van der Waals surface area contributed by atoms with Gasteiger partial charge in [-0.25, -0.2) is 8.42 Å². The van der Waals surface area contributed by atoms with E-state index < -0.39 is 9.84 Å². The Labute approximate surface area is 155 Å². The van der Waals surface area contributed by atoms with Gasteiger partial charge < -0.3 is 9.80 Å². The van der Waals surface area contributed by atoms with Gasteiger partial charge in [0.25, 0.3) is 5.91 Å². The number of carbonyl (C=O) groups is 1. The number of nitrogens with zero attached hydrogens (tertiary/aromatic N) is 4. The second kappa shape index (κ2) is 7.90. The summed E-state index contributed by atoms with van der Waals surface area (Å²) in [4.78, 5) is 16.7. The number of rotatable bonds is 5. The average molecular weight is 381 g/mol. The van der Waals surface area contributed by atoms with Crippen molar-refractivity contribution in [3.05, 3.63) is 17.8 Å². The molecule has 0 N–H and O–H groups in total. The minimum absolute atomic E-state index is 0.0457. The van der Waals surface area contributed by atoms with Crippen molar-refractivity contribution in [2.75, 3.05) is 29.5 Å². The van der Waals surface area contributed by atoms with Gasteiger partial charge in [-0.15, -0.1) is 10.2 Å². The van der Waals surface area contributed by atoms with E-state index in [0.717, 1.165) is 25.2 Å². The molecule has 2 saturated heterocycles. The third kappa shape index (κ3) is 4.00. The molecule has 2 fully saturated rings. The highest BCUT2D eigenvalue weighted by atomic mass is 32.2. The lowest BCUT2D eigenvalue weighted by molar-refractivity contribution is 0.0701. The number of aromatic nitrogens is 2. The van der Waals surface area contributed by atoms with E-state index in [9.17, 15) is 13.2 Å². The molecular weight excluding hydrogens is 352 g/mol. The number of amides is 1. The normalized spacial score (nSPS) is 25.2. The topological polar surface area (TPSA) is 83.5 Å². The molecule has 7 nitrogen and oxygen atoms in total. The van der Waals surface area contributed by atoms with Gasteiger partial charge in [0, 0.05) is 25.2 Å². The Balaban J connectivity index is 1.73. The van der Waals surface area contributed by atoms with Crippen LogP contribution in [0.5, 0.6) is 0 Å². The predicted molar refractivity (Wildman–Crippen MR) is 101 cm³/mol. The summed E-state index contributed by atoms with van der Waals surface area (Å²) >= 11 is 0. The smallest absolute Gasteiger partial charge is 0.274 e. The Morgan fingerprint density at radius 2 is 2.04 bits per heavy atom. The maximum Gasteiger partial charge on any atom is 0.274 e. The first kappa shape index (κ1) is 19.1. The first-order valence-corrected chi connectivity index (χ1v) is 11.4. The second-order valence-electron chi connectivity index (χ2n) is 7.18. The van der Waals surface area contributed by atoms with E-state index in [1.165, 1.54) is 12.8 Å². The Bertz CT molecular complexity index is 735. The average Bonchev–Trinajstić information content (AvgIpc) is 3.02. The van der Waals surface area contributed by atoms with Crippen molar-refractivity contribution in [3.63, 3.8) is 0 Å². The minimum atomic E-state index is -3.03. The van der Waals surface area contributed by atoms with Crippen LogP contribution >= 0.6 is 0 Å². The Morgan fingerprint density at radius 1 is 1.23 bits per heavy atom. The number of hydrogen-bond acceptors (Lipinski definition) is 6. The van der Waals surface area contributed by atoms with Gasteiger partial charge >= 0.3 is 0 Å². The van der Waals surface area contributed by atoms with Gasteiger partial charge in [0.1, 0.15) is 0 Å². The maximum atomic E-state index is 12.8. The molecule has 144 valence electrons. The summed E-state index contributed by atoms with van der Waals surface area (Å²) in [5.74, 6) is 0.780. The molecule has 2 unspecified atom stereocenters. The Morgan fingerprint density at radius 3 is 2.62 bits per heavy atom. The number of carbonyl (C=O) groups excluding carboxylic acids is 1. The van der Waals surface area contributed by atoms with Crippen molar-refractivity contribution in [2.24, 2.45) is 0 Å². The molecule has 3 rings (SSSR count). The van der Waals surface area contributed by atoms with Crippen LogP contribution in [0.1, 0.15) is 56.4 Å². The van der Waals surface area contributed by atoms with E-state index in [1.807, 2.05) is 13.0 Å². The van der Waals surface area contributed by atoms with Crippen molar-refractivity contribution in [3.8, 4) is 0 Å². The molecule has 0 aromatic carbocycles. The molecule has 0 spiro atoms. The van der Waals surface area contributed by atoms with Crippen LogP contribution in [0, 0.1) is 0 Å². The van der Waals surface area contributed by atoms with Crippen molar-refractivity contribution in [2.45, 2.75) is 58.0 Å². The fourth-order valence-electron chi connectivity index (χ4n) is 4.06. The van der Waals surface area contributed by atoms with E-state index in [0.29, 0.717) is 19.0 Å². The third-order valence-corrected chi connectivity index (χ3v) is 7.26. The van der Waals surface area contributed by atoms with Crippen molar-refractivity contribution < 1.29 is 13.2 Å². The maximum absolute atomic E-state index is 12.8. The molecular formula is C18H28N4O3S. The van der Waals surface area contributed by atoms with Crippen molar-refractivity contribution in [1.82, 2.24) is 15.1 Å². The van der Waals surface area contributed by atoms with E-state index in [2.05, 4.69) is 22.0 Å². The van der Waals surface area contributed by atoms with Gasteiger partial charge in [-0.05, 0) is 51.2 Å².